The average Bonchev–Trinajstić information content (AvgIpc) is 2.72. The molecule has 0 bridgehead atoms. The summed E-state index contributed by atoms with van der Waals surface area (Å²) in [4.78, 5) is 29.2. The summed E-state index contributed by atoms with van der Waals surface area (Å²) < 4.78 is 72.1. The lowest BCUT2D eigenvalue weighted by Crippen LogP contribution is -2.45. The van der Waals surface area contributed by atoms with Gasteiger partial charge in [0.15, 0.2) is 5.82 Å². The van der Waals surface area contributed by atoms with Gasteiger partial charge < -0.3 is 9.84 Å². The Bertz CT molecular complexity index is 1020. The second-order valence-corrected chi connectivity index (χ2v) is 6.67. The molecular formula is C19H17F6N5O4. The maximum absolute atomic E-state index is 12.4. The third-order valence-corrected chi connectivity index (χ3v) is 3.39. The van der Waals surface area contributed by atoms with Gasteiger partial charge in [-0.1, -0.05) is 13.8 Å². The van der Waals surface area contributed by atoms with Crippen LogP contribution >= 0.6 is 0 Å². The number of amides is 1. The summed E-state index contributed by atoms with van der Waals surface area (Å²) in [5.74, 6) is -3.32. The van der Waals surface area contributed by atoms with Gasteiger partial charge >= 0.3 is 18.5 Å². The number of aliphatic carboxylic acids is 1. The molecule has 0 fully saturated rings. The van der Waals surface area contributed by atoms with Gasteiger partial charge in [-0.05, 0) is 30.2 Å². The highest BCUT2D eigenvalue weighted by Crippen LogP contribution is 2.23. The number of carbonyl (C=O) groups is 2. The number of aromatic nitrogens is 2. The minimum atomic E-state index is -5.08. The molecular weight excluding hydrogens is 476 g/mol. The minimum absolute atomic E-state index is 0.0517. The van der Waals surface area contributed by atoms with Crippen molar-refractivity contribution in [3.63, 3.8) is 0 Å². The summed E-state index contributed by atoms with van der Waals surface area (Å²) in [5.41, 5.74) is 2.76. The van der Waals surface area contributed by atoms with E-state index in [0.717, 1.165) is 12.1 Å². The third kappa shape index (κ3) is 10.0. The van der Waals surface area contributed by atoms with Crippen LogP contribution in [-0.4, -0.2) is 46.0 Å². The summed E-state index contributed by atoms with van der Waals surface area (Å²) in [6.45, 7) is 4.24. The molecule has 0 aliphatic rings. The van der Waals surface area contributed by atoms with E-state index in [0.29, 0.717) is 12.4 Å². The molecule has 1 aromatic carbocycles. The number of hydrogen-bond acceptors (Lipinski definition) is 7. The van der Waals surface area contributed by atoms with Crippen molar-refractivity contribution in [2.24, 2.45) is 5.92 Å². The van der Waals surface area contributed by atoms with E-state index in [1.54, 1.807) is 0 Å². The predicted molar refractivity (Wildman–Crippen MR) is 103 cm³/mol. The predicted octanol–water partition coefficient (Wildman–Crippen LogP) is 3.69. The molecule has 0 saturated carbocycles. The van der Waals surface area contributed by atoms with Crippen LogP contribution in [0.2, 0.25) is 0 Å². The molecule has 15 heteroatoms. The number of ether oxygens (including phenoxy) is 1. The fourth-order valence-corrected chi connectivity index (χ4v) is 2.11. The minimum Gasteiger partial charge on any atom is -0.475 e. The Morgan fingerprint density at radius 3 is 2.15 bits per heavy atom. The Balaban J connectivity index is 0.000000718. The summed E-state index contributed by atoms with van der Waals surface area (Å²) in [7, 11) is 0. The van der Waals surface area contributed by atoms with E-state index < -0.39 is 30.2 Å². The molecule has 1 aromatic heterocycles. The van der Waals surface area contributed by atoms with Gasteiger partial charge in [0.2, 0.25) is 5.82 Å². The molecule has 0 radical (unpaired) electrons. The molecule has 0 spiro atoms. The number of anilines is 1. The van der Waals surface area contributed by atoms with Crippen LogP contribution in [0.15, 0.2) is 36.5 Å². The lowest BCUT2D eigenvalue weighted by molar-refractivity contribution is -0.274. The van der Waals surface area contributed by atoms with Crippen molar-refractivity contribution in [2.45, 2.75) is 26.4 Å². The summed E-state index contributed by atoms with van der Waals surface area (Å²) in [6, 6.07) is 7.87. The first kappa shape index (κ1) is 27.9. The monoisotopic (exact) mass is 493 g/mol. The fraction of sp³-hybridized carbons (Fsp3) is 0.316. The van der Waals surface area contributed by atoms with E-state index in [-0.39, 0.29) is 17.3 Å². The van der Waals surface area contributed by atoms with Crippen LogP contribution in [0.4, 0.5) is 32.2 Å². The van der Waals surface area contributed by atoms with Crippen LogP contribution in [0.25, 0.3) is 0 Å². The Morgan fingerprint density at radius 1 is 1.15 bits per heavy atom. The third-order valence-electron chi connectivity index (χ3n) is 3.39. The number of nitrogens with zero attached hydrogens (tertiary/aromatic N) is 4. The SMILES string of the molecule is CC(C)CN(NC(=O)c1ccc(OC(F)(F)F)cc1)c1ccnc(C#N)n1.O=C(O)C(F)(F)F. The van der Waals surface area contributed by atoms with Crippen molar-refractivity contribution in [2.75, 3.05) is 11.6 Å². The van der Waals surface area contributed by atoms with Crippen molar-refractivity contribution in [1.29, 1.82) is 5.26 Å². The molecule has 2 aromatic rings. The Morgan fingerprint density at radius 2 is 1.71 bits per heavy atom. The number of carboxylic acids is 1. The molecule has 34 heavy (non-hydrogen) atoms. The molecule has 0 saturated heterocycles. The maximum Gasteiger partial charge on any atom is 0.573 e. The van der Waals surface area contributed by atoms with Crippen LogP contribution in [0.1, 0.15) is 30.0 Å². The number of carboxylic acid groups (broad SMARTS) is 1. The zero-order valence-corrected chi connectivity index (χ0v) is 17.5. The molecule has 0 unspecified atom stereocenters. The first-order valence-electron chi connectivity index (χ1n) is 9.10. The van der Waals surface area contributed by atoms with E-state index >= 15 is 0 Å². The topological polar surface area (TPSA) is 128 Å². The summed E-state index contributed by atoms with van der Waals surface area (Å²) in [5, 5.41) is 17.5. The Hall–Kier alpha value is -4.09. The van der Waals surface area contributed by atoms with Crippen LogP contribution < -0.4 is 15.2 Å². The standard InChI is InChI=1S/C17H16F3N5O2.C2HF3O2/c1-11(2)10-25(15-7-8-22-14(9-21)23-15)24-16(26)12-3-5-13(6-4-12)27-17(18,19)20;3-2(4,5)1(6)7/h3-8,11H,10H2,1-2H3,(H,24,26);(H,6,7). The highest BCUT2D eigenvalue weighted by Gasteiger charge is 2.38. The van der Waals surface area contributed by atoms with E-state index in [2.05, 4.69) is 20.1 Å². The highest BCUT2D eigenvalue weighted by molar-refractivity contribution is 5.95. The van der Waals surface area contributed by atoms with Crippen molar-refractivity contribution < 1.29 is 45.8 Å². The fourth-order valence-electron chi connectivity index (χ4n) is 2.11. The zero-order chi connectivity index (χ0) is 26.1. The molecule has 0 aliphatic carbocycles. The molecule has 184 valence electrons. The smallest absolute Gasteiger partial charge is 0.475 e. The van der Waals surface area contributed by atoms with E-state index in [1.165, 1.54) is 29.4 Å². The molecule has 1 heterocycles. The van der Waals surface area contributed by atoms with E-state index in [9.17, 15) is 31.1 Å². The van der Waals surface area contributed by atoms with Crippen molar-refractivity contribution >= 4 is 17.7 Å². The summed E-state index contributed by atoms with van der Waals surface area (Å²) >= 11 is 0. The van der Waals surface area contributed by atoms with Gasteiger partial charge in [-0.15, -0.1) is 13.2 Å². The first-order valence-corrected chi connectivity index (χ1v) is 9.10. The van der Waals surface area contributed by atoms with Crippen molar-refractivity contribution in [3.05, 3.63) is 47.9 Å². The number of carbonyl (C=O) groups excluding carboxylic acids is 1. The number of halogens is 6. The van der Waals surface area contributed by atoms with Gasteiger partial charge in [0, 0.05) is 24.4 Å². The molecule has 9 nitrogen and oxygen atoms in total. The number of hydrogen-bond donors (Lipinski definition) is 2. The molecule has 1 amide bonds. The second-order valence-electron chi connectivity index (χ2n) is 6.67. The first-order chi connectivity index (χ1) is 15.6. The molecule has 0 atom stereocenters. The van der Waals surface area contributed by atoms with Gasteiger partial charge in [0.25, 0.3) is 5.91 Å². The quantitative estimate of drug-likeness (QED) is 0.461. The number of nitrogens with one attached hydrogen (secondary N) is 1. The van der Waals surface area contributed by atoms with Gasteiger partial charge in [-0.2, -0.15) is 23.4 Å². The molecule has 2 rings (SSSR count). The number of rotatable bonds is 6. The molecule has 2 N–H and O–H groups in total. The van der Waals surface area contributed by atoms with Crippen LogP contribution in [0.5, 0.6) is 5.75 Å². The molecule has 0 aliphatic heterocycles. The summed E-state index contributed by atoms with van der Waals surface area (Å²) in [6.07, 6.45) is -8.49. The largest absolute Gasteiger partial charge is 0.573 e. The number of alkyl halides is 6. The second kappa shape index (κ2) is 11.7. The van der Waals surface area contributed by atoms with E-state index in [4.69, 9.17) is 15.2 Å². The average molecular weight is 493 g/mol. The van der Waals surface area contributed by atoms with Gasteiger partial charge in [0.05, 0.1) is 0 Å². The maximum atomic E-state index is 12.4. The normalized spacial score (nSPS) is 11.1. The van der Waals surface area contributed by atoms with Crippen molar-refractivity contribution in [1.82, 2.24) is 15.4 Å². The lowest BCUT2D eigenvalue weighted by atomic mass is 10.2. The lowest BCUT2D eigenvalue weighted by Gasteiger charge is -2.26. The Labute approximate surface area is 188 Å². The van der Waals surface area contributed by atoms with E-state index in [1.807, 2.05) is 19.9 Å². The van der Waals surface area contributed by atoms with Gasteiger partial charge in [-0.25, -0.2) is 9.78 Å². The number of benzene rings is 1. The zero-order valence-electron chi connectivity index (χ0n) is 17.5. The van der Waals surface area contributed by atoms with Crippen LogP contribution in [0, 0.1) is 17.2 Å². The van der Waals surface area contributed by atoms with Gasteiger partial charge in [-0.3, -0.25) is 15.2 Å². The van der Waals surface area contributed by atoms with Gasteiger partial charge in [0.1, 0.15) is 11.8 Å². The Kier molecular flexibility index (Phi) is 9.60. The number of hydrazine groups is 1. The highest BCUT2D eigenvalue weighted by atomic mass is 19.4. The van der Waals surface area contributed by atoms with Crippen LogP contribution in [0.3, 0.4) is 0 Å². The van der Waals surface area contributed by atoms with Crippen molar-refractivity contribution in [3.8, 4) is 11.8 Å². The number of nitriles is 1. The van der Waals surface area contributed by atoms with Crippen LogP contribution in [-0.2, 0) is 4.79 Å².